The maximum atomic E-state index is 12.2. The van der Waals surface area contributed by atoms with Crippen LogP contribution in [0.4, 0.5) is 0 Å². The Morgan fingerprint density at radius 3 is 2.71 bits per heavy atom. The lowest BCUT2D eigenvalue weighted by Gasteiger charge is -2.17. The number of aromatic nitrogens is 3. The fourth-order valence-electron chi connectivity index (χ4n) is 2.42. The summed E-state index contributed by atoms with van der Waals surface area (Å²) < 4.78 is 1.64. The van der Waals surface area contributed by atoms with Crippen molar-refractivity contribution in [1.82, 2.24) is 20.1 Å². The minimum Gasteiger partial charge on any atom is -0.396 e. The molecule has 1 saturated carbocycles. The smallest absolute Gasteiger partial charge is 0.251 e. The molecule has 1 aliphatic rings. The highest BCUT2D eigenvalue weighted by atomic mass is 16.3. The van der Waals surface area contributed by atoms with Crippen LogP contribution in [-0.2, 0) is 0 Å². The molecule has 1 aliphatic carbocycles. The molecule has 21 heavy (non-hydrogen) atoms. The fourth-order valence-corrected chi connectivity index (χ4v) is 2.42. The number of carbonyl (C=O) groups excluding carboxylic acids is 1. The van der Waals surface area contributed by atoms with E-state index >= 15 is 0 Å². The number of aliphatic hydroxyl groups is 1. The molecule has 6 nitrogen and oxygen atoms in total. The highest BCUT2D eigenvalue weighted by Crippen LogP contribution is 2.34. The summed E-state index contributed by atoms with van der Waals surface area (Å²) in [5, 5.41) is 16.1. The third kappa shape index (κ3) is 3.28. The SMILES string of the molecule is O=C(NC(CCO)C1CC1)c1ccc(-n2cncn2)cc1. The van der Waals surface area contributed by atoms with Crippen molar-refractivity contribution in [3.8, 4) is 5.69 Å². The van der Waals surface area contributed by atoms with E-state index in [1.54, 1.807) is 23.1 Å². The Morgan fingerprint density at radius 1 is 1.38 bits per heavy atom. The highest BCUT2D eigenvalue weighted by Gasteiger charge is 2.31. The van der Waals surface area contributed by atoms with Crippen molar-refractivity contribution in [2.24, 2.45) is 5.92 Å². The molecule has 0 spiro atoms. The minimum atomic E-state index is -0.0921. The Hall–Kier alpha value is -2.21. The molecule has 0 radical (unpaired) electrons. The standard InChI is InChI=1S/C15H18N4O2/c20-8-7-14(11-1-2-11)18-15(21)12-3-5-13(6-4-12)19-10-16-9-17-19/h3-6,9-11,14,20H,1-2,7-8H2,(H,18,21). The number of rotatable bonds is 6. The van der Waals surface area contributed by atoms with Gasteiger partial charge in [0.25, 0.3) is 5.91 Å². The van der Waals surface area contributed by atoms with Gasteiger partial charge in [0.05, 0.1) is 5.69 Å². The second kappa shape index (κ2) is 6.05. The van der Waals surface area contributed by atoms with Crippen molar-refractivity contribution in [2.45, 2.75) is 25.3 Å². The van der Waals surface area contributed by atoms with Gasteiger partial charge in [-0.05, 0) is 49.4 Å². The zero-order valence-corrected chi connectivity index (χ0v) is 11.6. The minimum absolute atomic E-state index is 0.0810. The van der Waals surface area contributed by atoms with E-state index in [1.807, 2.05) is 12.1 Å². The van der Waals surface area contributed by atoms with Gasteiger partial charge >= 0.3 is 0 Å². The van der Waals surface area contributed by atoms with E-state index in [9.17, 15) is 4.79 Å². The third-order valence-electron chi connectivity index (χ3n) is 3.76. The maximum absolute atomic E-state index is 12.2. The van der Waals surface area contributed by atoms with Crippen molar-refractivity contribution in [2.75, 3.05) is 6.61 Å². The predicted molar refractivity (Wildman–Crippen MR) is 77.0 cm³/mol. The van der Waals surface area contributed by atoms with Gasteiger partial charge in [0, 0.05) is 18.2 Å². The first-order valence-corrected chi connectivity index (χ1v) is 7.14. The number of amides is 1. The van der Waals surface area contributed by atoms with Crippen molar-refractivity contribution in [3.05, 3.63) is 42.5 Å². The first-order valence-electron chi connectivity index (χ1n) is 7.14. The number of hydrogen-bond acceptors (Lipinski definition) is 4. The Morgan fingerprint density at radius 2 is 2.14 bits per heavy atom. The summed E-state index contributed by atoms with van der Waals surface area (Å²) in [5.74, 6) is 0.431. The molecule has 2 aromatic rings. The van der Waals surface area contributed by atoms with Gasteiger partial charge in [-0.2, -0.15) is 5.10 Å². The number of aliphatic hydroxyl groups excluding tert-OH is 1. The topological polar surface area (TPSA) is 80.0 Å². The van der Waals surface area contributed by atoms with Crippen LogP contribution in [-0.4, -0.2) is 38.4 Å². The quantitative estimate of drug-likeness (QED) is 0.835. The predicted octanol–water partition coefficient (Wildman–Crippen LogP) is 1.16. The average molecular weight is 286 g/mol. The second-order valence-electron chi connectivity index (χ2n) is 5.32. The zero-order chi connectivity index (χ0) is 14.7. The van der Waals surface area contributed by atoms with Crippen LogP contribution < -0.4 is 5.32 Å². The second-order valence-corrected chi connectivity index (χ2v) is 5.32. The third-order valence-corrected chi connectivity index (χ3v) is 3.76. The van der Waals surface area contributed by atoms with Crippen LogP contribution in [0, 0.1) is 5.92 Å². The fraction of sp³-hybridized carbons (Fsp3) is 0.400. The van der Waals surface area contributed by atoms with Gasteiger partial charge in [0.1, 0.15) is 12.7 Å². The summed E-state index contributed by atoms with van der Waals surface area (Å²) in [4.78, 5) is 16.1. The molecular formula is C15H18N4O2. The summed E-state index contributed by atoms with van der Waals surface area (Å²) in [6, 6.07) is 7.30. The van der Waals surface area contributed by atoms with Gasteiger partial charge in [-0.3, -0.25) is 4.79 Å². The normalized spacial score (nSPS) is 15.7. The molecule has 1 amide bonds. The Balaban J connectivity index is 1.67. The Bertz CT molecular complexity index is 591. The molecule has 0 bridgehead atoms. The highest BCUT2D eigenvalue weighted by molar-refractivity contribution is 5.94. The molecule has 1 atom stereocenters. The number of hydrogen-bond donors (Lipinski definition) is 2. The summed E-state index contributed by atoms with van der Waals surface area (Å²) in [5.41, 5.74) is 1.47. The first kappa shape index (κ1) is 13.8. The van der Waals surface area contributed by atoms with E-state index in [0.29, 0.717) is 17.9 Å². The molecule has 1 aromatic heterocycles. The van der Waals surface area contributed by atoms with Crippen molar-refractivity contribution >= 4 is 5.91 Å². The van der Waals surface area contributed by atoms with Gasteiger partial charge in [0.2, 0.25) is 0 Å². The van der Waals surface area contributed by atoms with Gasteiger partial charge in [-0.25, -0.2) is 9.67 Å². The summed E-state index contributed by atoms with van der Waals surface area (Å²) in [6.07, 6.45) is 5.97. The number of benzene rings is 1. The lowest BCUT2D eigenvalue weighted by Crippen LogP contribution is -2.37. The number of nitrogens with one attached hydrogen (secondary N) is 1. The largest absolute Gasteiger partial charge is 0.396 e. The van der Waals surface area contributed by atoms with Crippen molar-refractivity contribution < 1.29 is 9.90 Å². The van der Waals surface area contributed by atoms with E-state index in [1.165, 1.54) is 6.33 Å². The van der Waals surface area contributed by atoms with Gasteiger partial charge in [0.15, 0.2) is 0 Å². The summed E-state index contributed by atoms with van der Waals surface area (Å²) >= 11 is 0. The average Bonchev–Trinajstić information content (AvgIpc) is 3.21. The molecule has 1 heterocycles. The van der Waals surface area contributed by atoms with Crippen LogP contribution >= 0.6 is 0 Å². The van der Waals surface area contributed by atoms with Crippen LogP contribution in [0.3, 0.4) is 0 Å². The van der Waals surface area contributed by atoms with Crippen LogP contribution in [0.2, 0.25) is 0 Å². The molecule has 6 heteroatoms. The van der Waals surface area contributed by atoms with Crippen LogP contribution in [0.1, 0.15) is 29.6 Å². The van der Waals surface area contributed by atoms with Gasteiger partial charge in [-0.15, -0.1) is 0 Å². The van der Waals surface area contributed by atoms with Crippen molar-refractivity contribution in [1.29, 1.82) is 0 Å². The molecular weight excluding hydrogens is 268 g/mol. The van der Waals surface area contributed by atoms with E-state index < -0.39 is 0 Å². The molecule has 1 fully saturated rings. The molecule has 1 unspecified atom stereocenters. The number of nitrogens with zero attached hydrogens (tertiary/aromatic N) is 3. The van der Waals surface area contributed by atoms with E-state index in [-0.39, 0.29) is 18.6 Å². The monoisotopic (exact) mass is 286 g/mol. The van der Waals surface area contributed by atoms with Crippen LogP contribution in [0.5, 0.6) is 0 Å². The van der Waals surface area contributed by atoms with E-state index in [2.05, 4.69) is 15.4 Å². The summed E-state index contributed by atoms with van der Waals surface area (Å²) in [6.45, 7) is 0.104. The molecule has 0 aliphatic heterocycles. The van der Waals surface area contributed by atoms with Gasteiger partial charge < -0.3 is 10.4 Å². The molecule has 3 rings (SSSR count). The Kier molecular flexibility index (Phi) is 3.96. The van der Waals surface area contributed by atoms with Crippen molar-refractivity contribution in [3.63, 3.8) is 0 Å². The van der Waals surface area contributed by atoms with E-state index in [0.717, 1.165) is 18.5 Å². The lowest BCUT2D eigenvalue weighted by molar-refractivity contribution is 0.0924. The molecule has 2 N–H and O–H groups in total. The van der Waals surface area contributed by atoms with Crippen LogP contribution in [0.25, 0.3) is 5.69 Å². The summed E-state index contributed by atoms with van der Waals surface area (Å²) in [7, 11) is 0. The van der Waals surface area contributed by atoms with Crippen LogP contribution in [0.15, 0.2) is 36.9 Å². The Labute approximate surface area is 122 Å². The van der Waals surface area contributed by atoms with Gasteiger partial charge in [-0.1, -0.05) is 0 Å². The molecule has 110 valence electrons. The first-order chi connectivity index (χ1) is 10.3. The molecule has 1 aromatic carbocycles. The lowest BCUT2D eigenvalue weighted by atomic mass is 10.1. The van der Waals surface area contributed by atoms with E-state index in [4.69, 9.17) is 5.11 Å². The molecule has 0 saturated heterocycles. The zero-order valence-electron chi connectivity index (χ0n) is 11.6. The maximum Gasteiger partial charge on any atom is 0.251 e. The number of carbonyl (C=O) groups is 1.